The van der Waals surface area contributed by atoms with Crippen molar-refractivity contribution in [3.05, 3.63) is 54.1 Å². The molecule has 132 valence electrons. The molecule has 8 heteroatoms. The summed E-state index contributed by atoms with van der Waals surface area (Å²) in [5, 5.41) is 0. The van der Waals surface area contributed by atoms with E-state index in [1.54, 1.807) is 7.05 Å². The van der Waals surface area contributed by atoms with Gasteiger partial charge in [0.25, 0.3) is 0 Å². The number of likely N-dealkylation sites (N-methyl/N-ethyl adjacent to an activating group) is 1. The molecular formula is C17H16F2N2O3S. The summed E-state index contributed by atoms with van der Waals surface area (Å²) in [5.74, 6) is -2.07. The van der Waals surface area contributed by atoms with E-state index in [2.05, 4.69) is 4.72 Å². The van der Waals surface area contributed by atoms with Crippen LogP contribution in [0.3, 0.4) is 0 Å². The number of carbonyl (C=O) groups is 1. The third-order valence-corrected chi connectivity index (χ3v) is 5.63. The van der Waals surface area contributed by atoms with Crippen molar-refractivity contribution in [1.29, 1.82) is 0 Å². The highest BCUT2D eigenvalue weighted by Crippen LogP contribution is 2.25. The molecule has 25 heavy (non-hydrogen) atoms. The van der Waals surface area contributed by atoms with Gasteiger partial charge in [0.1, 0.15) is 0 Å². The molecule has 1 atom stereocenters. The number of rotatable bonds is 4. The minimum atomic E-state index is -3.80. The summed E-state index contributed by atoms with van der Waals surface area (Å²) < 4.78 is 54.4. The van der Waals surface area contributed by atoms with Crippen LogP contribution in [0.2, 0.25) is 0 Å². The van der Waals surface area contributed by atoms with Crippen molar-refractivity contribution in [1.82, 2.24) is 9.62 Å². The predicted octanol–water partition coefficient (Wildman–Crippen LogP) is 2.14. The molecule has 1 unspecified atom stereocenters. The van der Waals surface area contributed by atoms with Gasteiger partial charge in [-0.15, -0.1) is 0 Å². The van der Waals surface area contributed by atoms with Crippen molar-refractivity contribution in [3.63, 3.8) is 0 Å². The second-order valence-corrected chi connectivity index (χ2v) is 7.64. The number of likely N-dealkylation sites (tertiary alicyclic amines) is 1. The smallest absolute Gasteiger partial charge is 0.240 e. The van der Waals surface area contributed by atoms with Gasteiger partial charge in [-0.25, -0.2) is 21.9 Å². The first kappa shape index (κ1) is 17.5. The molecule has 1 saturated heterocycles. The fourth-order valence-electron chi connectivity index (χ4n) is 2.77. The molecule has 0 saturated carbocycles. The van der Waals surface area contributed by atoms with Crippen molar-refractivity contribution in [2.45, 2.75) is 17.4 Å². The largest absolute Gasteiger partial charge is 0.344 e. The normalized spacial score (nSPS) is 18.0. The van der Waals surface area contributed by atoms with Gasteiger partial charge < -0.3 is 4.90 Å². The number of sulfonamides is 1. The molecule has 1 aliphatic rings. The highest BCUT2D eigenvalue weighted by atomic mass is 32.2. The van der Waals surface area contributed by atoms with E-state index in [-0.39, 0.29) is 22.8 Å². The fraction of sp³-hybridized carbons (Fsp3) is 0.235. The maximum Gasteiger partial charge on any atom is 0.240 e. The Balaban J connectivity index is 1.82. The van der Waals surface area contributed by atoms with Crippen molar-refractivity contribution in [2.75, 3.05) is 13.6 Å². The van der Waals surface area contributed by atoms with E-state index in [0.717, 1.165) is 6.07 Å². The number of nitrogens with zero attached hydrogens (tertiary/aromatic N) is 1. The number of halogens is 2. The quantitative estimate of drug-likeness (QED) is 0.902. The topological polar surface area (TPSA) is 66.5 Å². The van der Waals surface area contributed by atoms with E-state index < -0.39 is 27.7 Å². The van der Waals surface area contributed by atoms with Crippen LogP contribution in [-0.2, 0) is 14.8 Å². The fourth-order valence-corrected chi connectivity index (χ4v) is 4.00. The molecule has 3 rings (SSSR count). The highest BCUT2D eigenvalue weighted by Gasteiger charge is 2.30. The van der Waals surface area contributed by atoms with Gasteiger partial charge in [0.15, 0.2) is 11.6 Å². The van der Waals surface area contributed by atoms with Gasteiger partial charge in [-0.1, -0.05) is 24.3 Å². The number of hydrogen-bond acceptors (Lipinski definition) is 3. The van der Waals surface area contributed by atoms with Crippen LogP contribution in [0.4, 0.5) is 8.78 Å². The minimum Gasteiger partial charge on any atom is -0.344 e. The number of carbonyl (C=O) groups excluding carboxylic acids is 1. The van der Waals surface area contributed by atoms with Crippen LogP contribution >= 0.6 is 0 Å². The molecule has 2 aromatic rings. The molecule has 0 bridgehead atoms. The summed E-state index contributed by atoms with van der Waals surface area (Å²) >= 11 is 0. The van der Waals surface area contributed by atoms with E-state index in [1.807, 2.05) is 0 Å². The first-order valence-corrected chi connectivity index (χ1v) is 9.07. The zero-order valence-corrected chi connectivity index (χ0v) is 14.2. The molecule has 1 amide bonds. The molecule has 1 aliphatic heterocycles. The van der Waals surface area contributed by atoms with E-state index >= 15 is 0 Å². The van der Waals surface area contributed by atoms with Crippen molar-refractivity contribution < 1.29 is 22.0 Å². The number of amides is 1. The predicted molar refractivity (Wildman–Crippen MR) is 88.2 cm³/mol. The van der Waals surface area contributed by atoms with E-state index in [0.29, 0.717) is 12.1 Å². The van der Waals surface area contributed by atoms with Gasteiger partial charge in [0, 0.05) is 31.6 Å². The average molecular weight is 366 g/mol. The third-order valence-electron chi connectivity index (χ3n) is 4.09. The van der Waals surface area contributed by atoms with Gasteiger partial charge >= 0.3 is 0 Å². The number of benzene rings is 2. The van der Waals surface area contributed by atoms with Crippen LogP contribution in [0, 0.1) is 11.6 Å². The zero-order valence-electron chi connectivity index (χ0n) is 13.4. The Bertz CT molecular complexity index is 914. The standard InChI is InChI=1S/C17H16F2N2O3S/c1-21-10-12(9-16(21)22)20-25(23,24)13-7-5-11(6-8-13)14-3-2-4-15(18)17(14)19/h2-8,12,20H,9-10H2,1H3. The van der Waals surface area contributed by atoms with Crippen LogP contribution in [0.15, 0.2) is 47.4 Å². The lowest BCUT2D eigenvalue weighted by atomic mass is 10.1. The van der Waals surface area contributed by atoms with Gasteiger partial charge in [-0.2, -0.15) is 0 Å². The molecule has 0 aromatic heterocycles. The van der Waals surface area contributed by atoms with Crippen LogP contribution < -0.4 is 4.72 Å². The highest BCUT2D eigenvalue weighted by molar-refractivity contribution is 7.89. The van der Waals surface area contributed by atoms with Gasteiger partial charge in [0.2, 0.25) is 15.9 Å². The lowest BCUT2D eigenvalue weighted by Gasteiger charge is -2.13. The summed E-state index contributed by atoms with van der Waals surface area (Å²) in [6.45, 7) is 0.310. The van der Waals surface area contributed by atoms with Crippen molar-refractivity contribution in [2.24, 2.45) is 0 Å². The molecule has 5 nitrogen and oxygen atoms in total. The Morgan fingerprint density at radius 3 is 2.40 bits per heavy atom. The maximum absolute atomic E-state index is 13.8. The Labute approximate surface area is 144 Å². The monoisotopic (exact) mass is 366 g/mol. The van der Waals surface area contributed by atoms with Crippen LogP contribution in [0.25, 0.3) is 11.1 Å². The Kier molecular flexibility index (Phi) is 4.57. The SMILES string of the molecule is CN1CC(NS(=O)(=O)c2ccc(-c3cccc(F)c3F)cc2)CC1=O. The summed E-state index contributed by atoms with van der Waals surface area (Å²) in [4.78, 5) is 12.9. The van der Waals surface area contributed by atoms with Crippen molar-refractivity contribution >= 4 is 15.9 Å². The molecule has 1 fully saturated rings. The number of nitrogens with one attached hydrogen (secondary N) is 1. The first-order chi connectivity index (χ1) is 11.8. The molecule has 0 aliphatic carbocycles. The van der Waals surface area contributed by atoms with Gasteiger partial charge in [0.05, 0.1) is 4.90 Å². The molecular weight excluding hydrogens is 350 g/mol. The van der Waals surface area contributed by atoms with Gasteiger partial charge in [-0.05, 0) is 23.8 Å². The molecule has 0 radical (unpaired) electrons. The molecule has 0 spiro atoms. The van der Waals surface area contributed by atoms with Crippen LogP contribution in [0.5, 0.6) is 0 Å². The second kappa shape index (κ2) is 6.53. The second-order valence-electron chi connectivity index (χ2n) is 5.92. The average Bonchev–Trinajstić information content (AvgIpc) is 2.87. The Hall–Kier alpha value is -2.32. The molecule has 2 aromatic carbocycles. The summed E-state index contributed by atoms with van der Waals surface area (Å²) in [6.07, 6.45) is 0.113. The molecule has 1 N–H and O–H groups in total. The van der Waals surface area contributed by atoms with Gasteiger partial charge in [-0.3, -0.25) is 4.79 Å². The van der Waals surface area contributed by atoms with E-state index in [4.69, 9.17) is 0 Å². The van der Waals surface area contributed by atoms with Crippen molar-refractivity contribution in [3.8, 4) is 11.1 Å². The first-order valence-electron chi connectivity index (χ1n) is 7.58. The Morgan fingerprint density at radius 1 is 1.12 bits per heavy atom. The van der Waals surface area contributed by atoms with E-state index in [9.17, 15) is 22.0 Å². The van der Waals surface area contributed by atoms with E-state index in [1.165, 1.54) is 41.3 Å². The van der Waals surface area contributed by atoms with Crippen LogP contribution in [0.1, 0.15) is 6.42 Å². The Morgan fingerprint density at radius 2 is 1.80 bits per heavy atom. The zero-order chi connectivity index (χ0) is 18.2. The summed E-state index contributed by atoms with van der Waals surface area (Å²) in [7, 11) is -2.19. The third kappa shape index (κ3) is 3.54. The van der Waals surface area contributed by atoms with Crippen LogP contribution in [-0.4, -0.2) is 38.9 Å². The minimum absolute atomic E-state index is 0.00457. The lowest BCUT2D eigenvalue weighted by molar-refractivity contribution is -0.126. The maximum atomic E-state index is 13.8. The summed E-state index contributed by atoms with van der Waals surface area (Å²) in [6, 6.07) is 8.81. The summed E-state index contributed by atoms with van der Waals surface area (Å²) in [5.41, 5.74) is 0.423. The molecule has 1 heterocycles. The number of hydrogen-bond donors (Lipinski definition) is 1. The lowest BCUT2D eigenvalue weighted by Crippen LogP contribution is -2.36.